The van der Waals surface area contributed by atoms with Crippen molar-refractivity contribution in [1.82, 2.24) is 9.88 Å². The lowest BCUT2D eigenvalue weighted by atomic mass is 9.72. The average molecular weight is 275 g/mol. The molecular weight excluding hydrogens is 256 g/mol. The van der Waals surface area contributed by atoms with Crippen molar-refractivity contribution in [1.29, 1.82) is 0 Å². The Kier molecular flexibility index (Phi) is 3.38. The van der Waals surface area contributed by atoms with E-state index in [0.29, 0.717) is 0 Å². The monoisotopic (exact) mass is 274 g/mol. The van der Waals surface area contributed by atoms with Gasteiger partial charge in [-0.25, -0.2) is 0 Å². The topological polar surface area (TPSA) is 17.0 Å². The first-order chi connectivity index (χ1) is 9.20. The maximum Gasteiger partial charge on any atom is 0.0437 e. The SMILES string of the molecule is Cn1cccc1CNC1(c2ccc(Cl)cc2)CCC1. The quantitative estimate of drug-likeness (QED) is 0.896. The summed E-state index contributed by atoms with van der Waals surface area (Å²) in [4.78, 5) is 0. The van der Waals surface area contributed by atoms with Crippen molar-refractivity contribution in [2.24, 2.45) is 7.05 Å². The van der Waals surface area contributed by atoms with Crippen LogP contribution in [0.1, 0.15) is 30.5 Å². The lowest BCUT2D eigenvalue weighted by Crippen LogP contribution is -2.47. The van der Waals surface area contributed by atoms with Crippen molar-refractivity contribution in [2.45, 2.75) is 31.3 Å². The van der Waals surface area contributed by atoms with Crippen LogP contribution in [0.15, 0.2) is 42.6 Å². The van der Waals surface area contributed by atoms with Crippen LogP contribution in [0.4, 0.5) is 0 Å². The van der Waals surface area contributed by atoms with E-state index < -0.39 is 0 Å². The van der Waals surface area contributed by atoms with Gasteiger partial charge in [0.1, 0.15) is 0 Å². The first-order valence-electron chi connectivity index (χ1n) is 6.81. The summed E-state index contributed by atoms with van der Waals surface area (Å²) in [6, 6.07) is 12.5. The van der Waals surface area contributed by atoms with Crippen LogP contribution in [0.5, 0.6) is 0 Å². The summed E-state index contributed by atoms with van der Waals surface area (Å²) in [5, 5.41) is 4.55. The summed E-state index contributed by atoms with van der Waals surface area (Å²) in [5.41, 5.74) is 2.83. The van der Waals surface area contributed by atoms with Crippen LogP contribution >= 0.6 is 11.6 Å². The van der Waals surface area contributed by atoms with Crippen molar-refractivity contribution in [3.8, 4) is 0 Å². The minimum Gasteiger partial charge on any atom is -0.353 e. The molecule has 1 aliphatic rings. The van der Waals surface area contributed by atoms with Gasteiger partial charge in [-0.15, -0.1) is 0 Å². The molecule has 0 aliphatic heterocycles. The normalized spacial score (nSPS) is 17.2. The van der Waals surface area contributed by atoms with Crippen molar-refractivity contribution in [2.75, 3.05) is 0 Å². The summed E-state index contributed by atoms with van der Waals surface area (Å²) in [6.45, 7) is 0.909. The molecule has 0 unspecified atom stereocenters. The molecule has 1 aromatic carbocycles. The Morgan fingerprint density at radius 2 is 1.95 bits per heavy atom. The Morgan fingerprint density at radius 3 is 2.47 bits per heavy atom. The number of benzene rings is 1. The maximum atomic E-state index is 5.98. The van der Waals surface area contributed by atoms with Gasteiger partial charge in [0.25, 0.3) is 0 Å². The number of rotatable bonds is 4. The minimum atomic E-state index is 0.148. The van der Waals surface area contributed by atoms with E-state index in [1.165, 1.54) is 30.5 Å². The highest BCUT2D eigenvalue weighted by Gasteiger charge is 2.38. The van der Waals surface area contributed by atoms with Crippen LogP contribution in [-0.2, 0) is 19.1 Å². The predicted molar refractivity (Wildman–Crippen MR) is 79.2 cm³/mol. The molecule has 1 N–H and O–H groups in total. The second-order valence-electron chi connectivity index (χ2n) is 5.41. The molecule has 0 bridgehead atoms. The van der Waals surface area contributed by atoms with Crippen LogP contribution in [-0.4, -0.2) is 4.57 Å². The number of aromatic nitrogens is 1. The Hall–Kier alpha value is -1.25. The number of nitrogens with one attached hydrogen (secondary N) is 1. The van der Waals surface area contributed by atoms with Gasteiger partial charge in [-0.1, -0.05) is 23.7 Å². The van der Waals surface area contributed by atoms with Crippen molar-refractivity contribution < 1.29 is 0 Å². The van der Waals surface area contributed by atoms with Gasteiger partial charge >= 0.3 is 0 Å². The molecule has 3 rings (SSSR count). The lowest BCUT2D eigenvalue weighted by molar-refractivity contribution is 0.182. The third-order valence-electron chi connectivity index (χ3n) is 4.26. The largest absolute Gasteiger partial charge is 0.353 e. The number of halogens is 1. The van der Waals surface area contributed by atoms with Gasteiger partial charge in [-0.2, -0.15) is 0 Å². The zero-order chi connectivity index (χ0) is 13.3. The molecule has 0 amide bonds. The highest BCUT2D eigenvalue weighted by molar-refractivity contribution is 6.30. The second kappa shape index (κ2) is 5.03. The average Bonchev–Trinajstić information content (AvgIpc) is 2.76. The summed E-state index contributed by atoms with van der Waals surface area (Å²) < 4.78 is 2.17. The summed E-state index contributed by atoms with van der Waals surface area (Å²) in [5.74, 6) is 0. The van der Waals surface area contributed by atoms with Gasteiger partial charge in [-0.05, 0) is 49.1 Å². The number of hydrogen-bond acceptors (Lipinski definition) is 1. The Bertz CT molecular complexity index is 552. The van der Waals surface area contributed by atoms with E-state index in [1.54, 1.807) is 0 Å². The van der Waals surface area contributed by atoms with Crippen molar-refractivity contribution in [3.63, 3.8) is 0 Å². The standard InChI is InChI=1S/C16H19ClN2/c1-19-11-2-4-15(19)12-18-16(9-3-10-16)13-5-7-14(17)8-6-13/h2,4-8,11,18H,3,9-10,12H2,1H3. The van der Waals surface area contributed by atoms with Gasteiger partial charge in [0, 0.05) is 36.0 Å². The molecule has 0 saturated heterocycles. The van der Waals surface area contributed by atoms with E-state index in [9.17, 15) is 0 Å². The second-order valence-corrected chi connectivity index (χ2v) is 5.84. The molecule has 19 heavy (non-hydrogen) atoms. The molecule has 1 aliphatic carbocycles. The third-order valence-corrected chi connectivity index (χ3v) is 4.52. The van der Waals surface area contributed by atoms with E-state index >= 15 is 0 Å². The molecule has 1 heterocycles. The Morgan fingerprint density at radius 1 is 1.21 bits per heavy atom. The zero-order valence-electron chi connectivity index (χ0n) is 11.2. The zero-order valence-corrected chi connectivity index (χ0v) is 12.0. The fraction of sp³-hybridized carbons (Fsp3) is 0.375. The first-order valence-corrected chi connectivity index (χ1v) is 7.19. The summed E-state index contributed by atoms with van der Waals surface area (Å²) in [7, 11) is 2.09. The minimum absolute atomic E-state index is 0.148. The van der Waals surface area contributed by atoms with Gasteiger partial charge in [-0.3, -0.25) is 0 Å². The molecule has 1 aromatic heterocycles. The van der Waals surface area contributed by atoms with Crippen molar-refractivity contribution >= 4 is 11.6 Å². The third kappa shape index (κ3) is 2.43. The summed E-state index contributed by atoms with van der Waals surface area (Å²) >= 11 is 5.98. The maximum absolute atomic E-state index is 5.98. The fourth-order valence-electron chi connectivity index (χ4n) is 2.81. The van der Waals surface area contributed by atoms with Gasteiger partial charge in [0.2, 0.25) is 0 Å². The molecule has 0 atom stereocenters. The van der Waals surface area contributed by atoms with Gasteiger partial charge in [0.15, 0.2) is 0 Å². The highest BCUT2D eigenvalue weighted by atomic mass is 35.5. The highest BCUT2D eigenvalue weighted by Crippen LogP contribution is 2.41. The summed E-state index contributed by atoms with van der Waals surface area (Å²) in [6.07, 6.45) is 5.80. The van der Waals surface area contributed by atoms with Crippen LogP contribution in [0.25, 0.3) is 0 Å². The lowest BCUT2D eigenvalue weighted by Gasteiger charge is -2.43. The van der Waals surface area contributed by atoms with Gasteiger partial charge in [0.05, 0.1) is 0 Å². The molecule has 3 heteroatoms. The van der Waals surface area contributed by atoms with Crippen LogP contribution in [0, 0.1) is 0 Å². The molecule has 100 valence electrons. The molecule has 1 saturated carbocycles. The van der Waals surface area contributed by atoms with Crippen LogP contribution in [0.2, 0.25) is 5.02 Å². The van der Waals surface area contributed by atoms with Gasteiger partial charge < -0.3 is 9.88 Å². The van der Waals surface area contributed by atoms with Crippen molar-refractivity contribution in [3.05, 3.63) is 58.9 Å². The molecule has 2 aromatic rings. The van der Waals surface area contributed by atoms with Crippen LogP contribution in [0.3, 0.4) is 0 Å². The molecular formula is C16H19ClN2. The van der Waals surface area contributed by atoms with E-state index in [1.807, 2.05) is 12.1 Å². The van der Waals surface area contributed by atoms with E-state index in [-0.39, 0.29) is 5.54 Å². The number of hydrogen-bond donors (Lipinski definition) is 1. The molecule has 2 nitrogen and oxygen atoms in total. The smallest absolute Gasteiger partial charge is 0.0437 e. The first kappa shape index (κ1) is 12.8. The Balaban J connectivity index is 1.76. The molecule has 1 fully saturated rings. The Labute approximate surface area is 119 Å². The van der Waals surface area contributed by atoms with E-state index in [2.05, 4.69) is 47.4 Å². The van der Waals surface area contributed by atoms with E-state index in [0.717, 1.165) is 11.6 Å². The fourth-order valence-corrected chi connectivity index (χ4v) is 2.93. The number of aryl methyl sites for hydroxylation is 1. The predicted octanol–water partition coefficient (Wildman–Crippen LogP) is 3.85. The number of nitrogens with zero attached hydrogens (tertiary/aromatic N) is 1. The van der Waals surface area contributed by atoms with Crippen LogP contribution < -0.4 is 5.32 Å². The molecule has 0 spiro atoms. The molecule has 0 radical (unpaired) electrons. The van der Waals surface area contributed by atoms with E-state index in [4.69, 9.17) is 11.6 Å².